The maximum Gasteiger partial charge on any atom is 0.218 e. The lowest BCUT2D eigenvalue weighted by molar-refractivity contribution is 0.294. The van der Waals surface area contributed by atoms with Crippen LogP contribution in [0.2, 0.25) is 0 Å². The molecule has 0 unspecified atom stereocenters. The van der Waals surface area contributed by atoms with E-state index in [9.17, 15) is 0 Å². The van der Waals surface area contributed by atoms with Crippen molar-refractivity contribution in [3.63, 3.8) is 0 Å². The monoisotopic (exact) mass is 458 g/mol. The summed E-state index contributed by atoms with van der Waals surface area (Å²) in [6, 6.07) is 5.90. The first-order chi connectivity index (χ1) is 11.7. The van der Waals surface area contributed by atoms with E-state index in [2.05, 4.69) is 32.6 Å². The fraction of sp³-hybridized carbons (Fsp3) is 0.471. The largest absolute Gasteiger partial charge is 0.477 e. The molecule has 0 saturated carbocycles. The number of hydrogen-bond acceptors (Lipinski definition) is 4. The van der Waals surface area contributed by atoms with E-state index in [1.807, 2.05) is 29.9 Å². The summed E-state index contributed by atoms with van der Waals surface area (Å²) >= 11 is 0. The molecule has 2 aromatic heterocycles. The average Bonchev–Trinajstić information content (AvgIpc) is 3.01. The first-order valence-corrected chi connectivity index (χ1v) is 8.22. The predicted molar refractivity (Wildman–Crippen MR) is 110 cm³/mol. The molecule has 25 heavy (non-hydrogen) atoms. The summed E-state index contributed by atoms with van der Waals surface area (Å²) in [7, 11) is 3.67. The van der Waals surface area contributed by atoms with Crippen molar-refractivity contribution >= 4 is 29.9 Å². The third kappa shape index (κ3) is 6.89. The minimum absolute atomic E-state index is 0. The Morgan fingerprint density at radius 2 is 2.04 bits per heavy atom. The normalized spacial score (nSPS) is 10.9. The van der Waals surface area contributed by atoms with Gasteiger partial charge in [-0.25, -0.2) is 4.98 Å². The second kappa shape index (κ2) is 11.7. The third-order valence-corrected chi connectivity index (χ3v) is 3.62. The van der Waals surface area contributed by atoms with Gasteiger partial charge in [0.1, 0.15) is 0 Å². The molecule has 138 valence electrons. The van der Waals surface area contributed by atoms with Crippen LogP contribution >= 0.6 is 24.0 Å². The molecule has 2 rings (SSSR count). The highest BCUT2D eigenvalue weighted by Gasteiger charge is 2.06. The van der Waals surface area contributed by atoms with Crippen LogP contribution < -0.4 is 15.4 Å². The minimum Gasteiger partial charge on any atom is -0.477 e. The first kappa shape index (κ1) is 21.2. The summed E-state index contributed by atoms with van der Waals surface area (Å²) in [5, 5.41) is 10.7. The Kier molecular flexibility index (Phi) is 9.90. The maximum absolute atomic E-state index is 5.76. The van der Waals surface area contributed by atoms with Gasteiger partial charge in [0.25, 0.3) is 0 Å². The molecular formula is C17H27IN6O. The van der Waals surface area contributed by atoms with Gasteiger partial charge < -0.3 is 15.4 Å². The molecule has 0 aliphatic heterocycles. The zero-order valence-corrected chi connectivity index (χ0v) is 17.4. The summed E-state index contributed by atoms with van der Waals surface area (Å²) in [5.74, 6) is 1.40. The molecule has 0 aromatic carbocycles. The smallest absolute Gasteiger partial charge is 0.218 e. The number of ether oxygens (including phenoxy) is 1. The van der Waals surface area contributed by atoms with Gasteiger partial charge in [0.05, 0.1) is 18.8 Å². The van der Waals surface area contributed by atoms with Crippen LogP contribution in [0.1, 0.15) is 31.0 Å². The van der Waals surface area contributed by atoms with E-state index in [1.54, 1.807) is 19.4 Å². The summed E-state index contributed by atoms with van der Waals surface area (Å²) in [4.78, 5) is 8.56. The summed E-state index contributed by atoms with van der Waals surface area (Å²) in [6.07, 6.45) is 5.66. The van der Waals surface area contributed by atoms with Crippen molar-refractivity contribution in [2.45, 2.75) is 32.9 Å². The zero-order chi connectivity index (χ0) is 17.2. The van der Waals surface area contributed by atoms with E-state index in [1.165, 1.54) is 0 Å². The van der Waals surface area contributed by atoms with Crippen LogP contribution in [-0.2, 0) is 20.1 Å². The molecule has 8 heteroatoms. The molecule has 0 saturated heterocycles. The van der Waals surface area contributed by atoms with E-state index in [4.69, 9.17) is 4.74 Å². The van der Waals surface area contributed by atoms with Crippen molar-refractivity contribution in [2.24, 2.45) is 12.0 Å². The molecule has 0 bridgehead atoms. The SMILES string of the molecule is CCCCOc1ncccc1CNC(=NC)NCc1ccnn1C.I. The molecule has 2 N–H and O–H groups in total. The van der Waals surface area contributed by atoms with Gasteiger partial charge in [-0.15, -0.1) is 24.0 Å². The standard InChI is InChI=1S/C17H26N6O.HI/c1-4-5-11-24-16-14(7-6-9-19-16)12-20-17(18-2)21-13-15-8-10-22-23(15)3;/h6-10H,4-5,11-13H2,1-3H3,(H2,18,20,21);1H. The van der Waals surface area contributed by atoms with Gasteiger partial charge in [-0.1, -0.05) is 19.4 Å². The number of guanidine groups is 1. The second-order valence-corrected chi connectivity index (χ2v) is 5.40. The van der Waals surface area contributed by atoms with Crippen LogP contribution in [0.25, 0.3) is 0 Å². The number of hydrogen-bond donors (Lipinski definition) is 2. The fourth-order valence-electron chi connectivity index (χ4n) is 2.15. The van der Waals surface area contributed by atoms with Crippen LogP contribution in [0.15, 0.2) is 35.6 Å². The van der Waals surface area contributed by atoms with Crippen LogP contribution in [0.5, 0.6) is 5.88 Å². The van der Waals surface area contributed by atoms with Crippen LogP contribution in [0.3, 0.4) is 0 Å². The molecule has 0 amide bonds. The van der Waals surface area contributed by atoms with E-state index >= 15 is 0 Å². The molecule has 2 aromatic rings. The van der Waals surface area contributed by atoms with Gasteiger partial charge in [-0.05, 0) is 18.6 Å². The minimum atomic E-state index is 0. The molecular weight excluding hydrogens is 431 g/mol. The second-order valence-electron chi connectivity index (χ2n) is 5.40. The van der Waals surface area contributed by atoms with Crippen LogP contribution in [0.4, 0.5) is 0 Å². The van der Waals surface area contributed by atoms with Gasteiger partial charge in [-0.3, -0.25) is 9.67 Å². The quantitative estimate of drug-likeness (QED) is 0.275. The predicted octanol–water partition coefficient (Wildman–Crippen LogP) is 2.48. The van der Waals surface area contributed by atoms with Crippen molar-refractivity contribution in [3.05, 3.63) is 41.9 Å². The van der Waals surface area contributed by atoms with E-state index in [0.29, 0.717) is 25.6 Å². The molecule has 0 spiro atoms. The number of aliphatic imine (C=N–C) groups is 1. The number of aromatic nitrogens is 3. The van der Waals surface area contributed by atoms with Crippen molar-refractivity contribution in [3.8, 4) is 5.88 Å². The molecule has 0 radical (unpaired) electrons. The average molecular weight is 458 g/mol. The van der Waals surface area contributed by atoms with Gasteiger partial charge in [-0.2, -0.15) is 5.10 Å². The van der Waals surface area contributed by atoms with Gasteiger partial charge >= 0.3 is 0 Å². The molecule has 0 aliphatic carbocycles. The Morgan fingerprint density at radius 3 is 2.72 bits per heavy atom. The first-order valence-electron chi connectivity index (χ1n) is 8.22. The maximum atomic E-state index is 5.76. The molecule has 0 aliphatic rings. The summed E-state index contributed by atoms with van der Waals surface area (Å²) < 4.78 is 7.59. The highest BCUT2D eigenvalue weighted by molar-refractivity contribution is 14.0. The Hall–Kier alpha value is -1.84. The number of pyridine rings is 1. The summed E-state index contributed by atoms with van der Waals surface area (Å²) in [5.41, 5.74) is 2.10. The van der Waals surface area contributed by atoms with Gasteiger partial charge in [0.2, 0.25) is 5.88 Å². The van der Waals surface area contributed by atoms with E-state index < -0.39 is 0 Å². The zero-order valence-electron chi connectivity index (χ0n) is 15.0. The Morgan fingerprint density at radius 1 is 1.24 bits per heavy atom. The third-order valence-electron chi connectivity index (χ3n) is 3.62. The Labute approximate surface area is 166 Å². The van der Waals surface area contributed by atoms with Gasteiger partial charge in [0, 0.05) is 38.6 Å². The van der Waals surface area contributed by atoms with E-state index in [-0.39, 0.29) is 24.0 Å². The molecule has 0 atom stereocenters. The van der Waals surface area contributed by atoms with Crippen LogP contribution in [-0.4, -0.2) is 34.4 Å². The van der Waals surface area contributed by atoms with Crippen molar-refractivity contribution in [1.82, 2.24) is 25.4 Å². The number of nitrogens with one attached hydrogen (secondary N) is 2. The summed E-state index contributed by atoms with van der Waals surface area (Å²) in [6.45, 7) is 4.08. The number of nitrogens with zero attached hydrogens (tertiary/aromatic N) is 4. The van der Waals surface area contributed by atoms with Crippen molar-refractivity contribution in [1.29, 1.82) is 0 Å². The molecule has 2 heterocycles. The fourth-order valence-corrected chi connectivity index (χ4v) is 2.15. The number of unbranched alkanes of at least 4 members (excludes halogenated alkanes) is 1. The molecule has 0 fully saturated rings. The Balaban J connectivity index is 0.00000312. The van der Waals surface area contributed by atoms with Crippen LogP contribution in [0, 0.1) is 0 Å². The lowest BCUT2D eigenvalue weighted by atomic mass is 10.2. The number of aryl methyl sites for hydroxylation is 1. The van der Waals surface area contributed by atoms with Crippen molar-refractivity contribution in [2.75, 3.05) is 13.7 Å². The number of rotatable bonds is 8. The molecule has 7 nitrogen and oxygen atoms in total. The lowest BCUT2D eigenvalue weighted by Crippen LogP contribution is -2.36. The Bertz CT molecular complexity index is 658. The lowest BCUT2D eigenvalue weighted by Gasteiger charge is -2.14. The topological polar surface area (TPSA) is 76.4 Å². The van der Waals surface area contributed by atoms with Crippen molar-refractivity contribution < 1.29 is 4.74 Å². The van der Waals surface area contributed by atoms with E-state index in [0.717, 1.165) is 30.1 Å². The highest BCUT2D eigenvalue weighted by atomic mass is 127. The van der Waals surface area contributed by atoms with Gasteiger partial charge in [0.15, 0.2) is 5.96 Å². The highest BCUT2D eigenvalue weighted by Crippen LogP contribution is 2.14. The number of halogens is 1.